The first-order chi connectivity index (χ1) is 11.2. The molecule has 1 heterocycles. The van der Waals surface area contributed by atoms with Gasteiger partial charge in [-0.25, -0.2) is 9.48 Å². The summed E-state index contributed by atoms with van der Waals surface area (Å²) in [5.41, 5.74) is 1.02. The van der Waals surface area contributed by atoms with Gasteiger partial charge in [0.2, 0.25) is 0 Å². The maximum atomic E-state index is 12.3. The van der Waals surface area contributed by atoms with Crippen LogP contribution in [0.5, 0.6) is 0 Å². The molecule has 130 valence electrons. The number of hydrogen-bond acceptors (Lipinski definition) is 3. The summed E-state index contributed by atoms with van der Waals surface area (Å²) in [6.07, 6.45) is 0.0765. The van der Waals surface area contributed by atoms with Gasteiger partial charge in [0.15, 0.2) is 0 Å². The van der Waals surface area contributed by atoms with E-state index in [4.69, 9.17) is 4.74 Å². The Labute approximate surface area is 142 Å². The lowest BCUT2D eigenvalue weighted by Gasteiger charge is -2.22. The average molecular weight is 331 g/mol. The van der Waals surface area contributed by atoms with Crippen molar-refractivity contribution in [3.63, 3.8) is 0 Å². The predicted octanol–water partition coefficient (Wildman–Crippen LogP) is 2.63. The second kappa shape index (κ2) is 6.95. The zero-order valence-corrected chi connectivity index (χ0v) is 14.9. The fourth-order valence-corrected chi connectivity index (χ4v) is 2.51. The fraction of sp³-hybridized carbons (Fsp3) is 0.444. The van der Waals surface area contributed by atoms with E-state index in [2.05, 4.69) is 5.32 Å². The molecule has 6 nitrogen and oxygen atoms in total. The zero-order chi connectivity index (χ0) is 17.9. The van der Waals surface area contributed by atoms with Gasteiger partial charge in [0.05, 0.1) is 5.69 Å². The quantitative estimate of drug-likeness (QED) is 0.936. The van der Waals surface area contributed by atoms with Gasteiger partial charge in [-0.3, -0.25) is 9.48 Å². The van der Waals surface area contributed by atoms with Crippen LogP contribution in [0, 0.1) is 0 Å². The number of hydrogen-bond donors (Lipinski definition) is 1. The van der Waals surface area contributed by atoms with E-state index in [1.54, 1.807) is 10.7 Å². The number of carbonyl (C=O) groups excluding carboxylic acids is 1. The average Bonchev–Trinajstić information content (AvgIpc) is 2.71. The monoisotopic (exact) mass is 331 g/mol. The first-order valence-electron chi connectivity index (χ1n) is 8.00. The predicted molar refractivity (Wildman–Crippen MR) is 93.5 cm³/mol. The van der Waals surface area contributed by atoms with Crippen molar-refractivity contribution >= 4 is 6.09 Å². The number of nitrogens with zero attached hydrogens (tertiary/aromatic N) is 2. The van der Waals surface area contributed by atoms with Crippen molar-refractivity contribution in [3.05, 3.63) is 52.4 Å². The number of nitrogens with one attached hydrogen (secondary N) is 1. The van der Waals surface area contributed by atoms with Gasteiger partial charge in [-0.2, -0.15) is 0 Å². The highest BCUT2D eigenvalue weighted by Crippen LogP contribution is 2.10. The minimum Gasteiger partial charge on any atom is -0.444 e. The molecule has 0 aliphatic rings. The largest absolute Gasteiger partial charge is 0.444 e. The summed E-state index contributed by atoms with van der Waals surface area (Å²) >= 11 is 0. The van der Waals surface area contributed by atoms with Crippen molar-refractivity contribution in [2.24, 2.45) is 7.05 Å². The molecule has 0 spiro atoms. The van der Waals surface area contributed by atoms with Crippen LogP contribution in [0.1, 0.15) is 33.4 Å². The third kappa shape index (κ3) is 4.50. The molecule has 1 amide bonds. The standard InChI is InChI=1S/C18H25N3O3/c1-13(19-17(23)24-18(2,3)4)11-15-12-16(22)21(20(15)5)14-9-7-6-8-10-14/h6-10,12-13H,11H2,1-5H3,(H,19,23)/t13-/m0/s1. The molecule has 0 aliphatic heterocycles. The second-order valence-electron chi connectivity index (χ2n) is 6.90. The van der Waals surface area contributed by atoms with Gasteiger partial charge in [0.25, 0.3) is 5.56 Å². The van der Waals surface area contributed by atoms with E-state index in [-0.39, 0.29) is 11.6 Å². The van der Waals surface area contributed by atoms with Gasteiger partial charge in [-0.15, -0.1) is 0 Å². The molecular weight excluding hydrogens is 306 g/mol. The zero-order valence-electron chi connectivity index (χ0n) is 14.9. The second-order valence-corrected chi connectivity index (χ2v) is 6.90. The first-order valence-corrected chi connectivity index (χ1v) is 8.00. The highest BCUT2D eigenvalue weighted by molar-refractivity contribution is 5.68. The van der Waals surface area contributed by atoms with Crippen LogP contribution in [0.4, 0.5) is 4.79 Å². The summed E-state index contributed by atoms with van der Waals surface area (Å²) < 4.78 is 8.67. The van der Waals surface area contributed by atoms with E-state index in [0.29, 0.717) is 6.42 Å². The lowest BCUT2D eigenvalue weighted by Crippen LogP contribution is -2.39. The van der Waals surface area contributed by atoms with Crippen LogP contribution in [0.2, 0.25) is 0 Å². The highest BCUT2D eigenvalue weighted by atomic mass is 16.6. The molecule has 2 aromatic rings. The molecule has 1 atom stereocenters. The number of amides is 1. The van der Waals surface area contributed by atoms with Crippen LogP contribution in [-0.2, 0) is 18.2 Å². The molecule has 0 saturated carbocycles. The highest BCUT2D eigenvalue weighted by Gasteiger charge is 2.19. The number of benzene rings is 1. The van der Waals surface area contributed by atoms with Gasteiger partial charge in [0, 0.05) is 31.3 Å². The third-order valence-electron chi connectivity index (χ3n) is 3.49. The lowest BCUT2D eigenvalue weighted by atomic mass is 10.2. The number of alkyl carbamates (subject to hydrolysis) is 1. The van der Waals surface area contributed by atoms with E-state index >= 15 is 0 Å². The van der Waals surface area contributed by atoms with Crippen LogP contribution in [-0.4, -0.2) is 27.1 Å². The fourth-order valence-electron chi connectivity index (χ4n) is 2.51. The Bertz CT molecular complexity index is 754. The molecular formula is C18H25N3O3. The minimum absolute atomic E-state index is 0.0943. The molecule has 0 unspecified atom stereocenters. The Kier molecular flexibility index (Phi) is 5.17. The van der Waals surface area contributed by atoms with E-state index in [1.165, 1.54) is 0 Å². The minimum atomic E-state index is -0.534. The normalized spacial score (nSPS) is 12.7. The van der Waals surface area contributed by atoms with Gasteiger partial charge in [-0.1, -0.05) is 18.2 Å². The van der Waals surface area contributed by atoms with Crippen molar-refractivity contribution in [3.8, 4) is 5.69 Å². The van der Waals surface area contributed by atoms with Crippen LogP contribution in [0.3, 0.4) is 0 Å². The summed E-state index contributed by atoms with van der Waals surface area (Å²) in [6, 6.07) is 10.9. The number of aromatic nitrogens is 2. The van der Waals surface area contributed by atoms with Crippen molar-refractivity contribution in [2.75, 3.05) is 0 Å². The molecule has 0 saturated heterocycles. The maximum absolute atomic E-state index is 12.3. The summed E-state index contributed by atoms with van der Waals surface area (Å²) in [5.74, 6) is 0. The van der Waals surface area contributed by atoms with Gasteiger partial charge < -0.3 is 10.1 Å². The van der Waals surface area contributed by atoms with Crippen LogP contribution in [0.25, 0.3) is 5.69 Å². The summed E-state index contributed by atoms with van der Waals surface area (Å²) in [4.78, 5) is 24.1. The molecule has 0 radical (unpaired) electrons. The molecule has 2 rings (SSSR count). The van der Waals surface area contributed by atoms with Crippen LogP contribution < -0.4 is 10.9 Å². The summed E-state index contributed by atoms with van der Waals surface area (Å²) in [6.45, 7) is 7.34. The number of para-hydroxylation sites is 1. The topological polar surface area (TPSA) is 65.3 Å². The van der Waals surface area contributed by atoms with Crippen molar-refractivity contribution in [2.45, 2.75) is 45.8 Å². The molecule has 6 heteroatoms. The maximum Gasteiger partial charge on any atom is 0.407 e. The third-order valence-corrected chi connectivity index (χ3v) is 3.49. The Hall–Kier alpha value is -2.50. The molecule has 1 N–H and O–H groups in total. The summed E-state index contributed by atoms with van der Waals surface area (Å²) in [5, 5.41) is 2.79. The van der Waals surface area contributed by atoms with E-state index in [1.807, 2.05) is 69.8 Å². The SMILES string of the molecule is C[C@@H](Cc1cc(=O)n(-c2ccccc2)n1C)NC(=O)OC(C)(C)C. The Balaban J connectivity index is 2.11. The smallest absolute Gasteiger partial charge is 0.407 e. The van der Waals surface area contributed by atoms with Crippen molar-refractivity contribution in [1.82, 2.24) is 14.7 Å². The molecule has 0 aliphatic carbocycles. The Morgan fingerprint density at radius 3 is 2.46 bits per heavy atom. The molecule has 24 heavy (non-hydrogen) atoms. The van der Waals surface area contributed by atoms with Gasteiger partial charge in [-0.05, 0) is 39.8 Å². The lowest BCUT2D eigenvalue weighted by molar-refractivity contribution is 0.0508. The first kappa shape index (κ1) is 17.8. The van der Waals surface area contributed by atoms with E-state index in [9.17, 15) is 9.59 Å². The van der Waals surface area contributed by atoms with Crippen molar-refractivity contribution in [1.29, 1.82) is 0 Å². The van der Waals surface area contributed by atoms with E-state index < -0.39 is 11.7 Å². The molecule has 0 fully saturated rings. The van der Waals surface area contributed by atoms with Gasteiger partial charge in [0.1, 0.15) is 5.60 Å². The number of rotatable bonds is 4. The van der Waals surface area contributed by atoms with Crippen molar-refractivity contribution < 1.29 is 9.53 Å². The molecule has 0 bridgehead atoms. The van der Waals surface area contributed by atoms with Crippen LogP contribution in [0.15, 0.2) is 41.2 Å². The van der Waals surface area contributed by atoms with Gasteiger partial charge >= 0.3 is 6.09 Å². The Morgan fingerprint density at radius 1 is 1.25 bits per heavy atom. The molecule has 1 aromatic carbocycles. The summed E-state index contributed by atoms with van der Waals surface area (Å²) in [7, 11) is 1.84. The van der Waals surface area contributed by atoms with E-state index in [0.717, 1.165) is 11.4 Å². The Morgan fingerprint density at radius 2 is 1.88 bits per heavy atom. The van der Waals surface area contributed by atoms with Crippen LogP contribution >= 0.6 is 0 Å². The molecule has 1 aromatic heterocycles. The number of carbonyl (C=O) groups is 1. The number of ether oxygens (including phenoxy) is 1.